The number of rotatable bonds is 18. The molecule has 0 bridgehead atoms. The molecule has 1 saturated carbocycles. The molecule has 0 aromatic carbocycles. The van der Waals surface area contributed by atoms with Crippen molar-refractivity contribution < 1.29 is 8.78 Å². The topological polar surface area (TPSA) is 490 Å². The highest BCUT2D eigenvalue weighted by Crippen LogP contribution is 2.40. The van der Waals surface area contributed by atoms with Crippen molar-refractivity contribution in [2.75, 3.05) is 25.4 Å². The third-order valence-electron chi connectivity index (χ3n) is 24.2. The zero-order valence-electron chi connectivity index (χ0n) is 72.5. The number of nitrogen functional groups attached to an aromatic ring is 1. The van der Waals surface area contributed by atoms with Crippen LogP contribution in [-0.4, -0.2) is 196 Å². The van der Waals surface area contributed by atoms with E-state index in [1.54, 1.807) is 147 Å². The minimum absolute atomic E-state index is 0.106. The van der Waals surface area contributed by atoms with Crippen LogP contribution < -0.4 is 11.1 Å². The number of fused-ring (bicyclic) bond motifs is 8. The molecule has 1 aliphatic heterocycles. The normalized spacial score (nSPS) is 13.3. The molecular formula is C99H76F2N36. The molecule has 0 unspecified atom stereocenters. The van der Waals surface area contributed by atoms with E-state index in [0.717, 1.165) is 196 Å². The SMILES string of the molecule is FC1(F)CCN(Cc2cncc(-c3cnc4n[nH]c(-c5nc6c(-c7cccnc7)cncc6[nH]5)c4c3)c2)C1.Nc1cncc(-c2cnc3n[nH]c(-c4nc5c(-c6cccnc6)cncc5[nH]4)c3c2)c1.c1cncc(-c2cncc3[nH]c(-c4[nH]nc5ncc(-c6cncc(CNCC7CCCC7)c6)cc45)nc23)c1.c1cncc(-c2cncc3[nH]c(-c4[nH]nc5ncc(-c6cncnc6)cc45)nc23)c1. The number of imidazole rings is 4. The first-order valence-corrected chi connectivity index (χ1v) is 44.0. The van der Waals surface area contributed by atoms with E-state index in [0.29, 0.717) is 70.4 Å². The molecule has 25 heterocycles. The average molecular weight is 1810 g/mol. The Bertz CT molecular complexity index is 8510. The highest BCUT2D eigenvalue weighted by atomic mass is 19.3. The molecule has 24 aromatic heterocycles. The van der Waals surface area contributed by atoms with Gasteiger partial charge in [-0.25, -0.2) is 58.6 Å². The van der Waals surface area contributed by atoms with Gasteiger partial charge in [-0.1, -0.05) is 37.1 Å². The zero-order valence-corrected chi connectivity index (χ0v) is 72.5. The van der Waals surface area contributed by atoms with E-state index in [4.69, 9.17) is 25.7 Å². The van der Waals surface area contributed by atoms with E-state index in [1.807, 2.05) is 110 Å². The van der Waals surface area contributed by atoms with E-state index in [9.17, 15) is 8.78 Å². The smallest absolute Gasteiger partial charge is 0.261 e. The number of pyridine rings is 15. The molecule has 2 aliphatic rings. The molecule has 0 spiro atoms. The van der Waals surface area contributed by atoms with Crippen LogP contribution >= 0.6 is 0 Å². The lowest BCUT2D eigenvalue weighted by molar-refractivity contribution is 0.0115. The largest absolute Gasteiger partial charge is 0.397 e. The Morgan fingerprint density at radius 1 is 0.350 bits per heavy atom. The standard InChI is InChI=1S/C29H27N9.C27H21F2N9.C22H15N9.C21H13N9/c1-2-5-18(4-1)10-31-11-19-8-21(14-32-12-19)22-9-23-27(37-38-28(23)34-15-22)29-35-25-17-33-16-24(26(25)36-29)20-6-3-7-30-13-20;28-27(29)3-5-38(15-27)14-16-6-18(10-31-8-16)19-7-20-24(36-37-25(20)33-11-19)26-34-22-13-32-12-21(23(22)35-26)17-2-1-4-30-9-17;23-15-4-13(7-25-9-15)14-5-16-20(30-31-21(16)27-8-14)22-28-18-11-26-10-17(19(18)29-22)12-2-1-3-24-6-12;1-2-12(5-22-3-1)16-9-23-10-17-18(16)28-21(27-17)19-15-4-13(8-26-20(15)30-29-19)14-6-24-11-25-7-14/h3,6-9,12-18,31H,1-2,4-5,10-11H2,(H,35,36)(H,34,37,38);1-2,4,6-13H,3,5,14-15H2,(H,34,35)(H,33,36,37);1-11H,23H2,(H,28,29)(H,27,30,31);1-11H,(H,27,28)(H,26,29,30). The maximum absolute atomic E-state index is 13.6. The van der Waals surface area contributed by atoms with Gasteiger partial charge in [0.15, 0.2) is 45.9 Å². The molecule has 1 aliphatic carbocycles. The van der Waals surface area contributed by atoms with Crippen LogP contribution in [0, 0.1) is 5.92 Å². The number of likely N-dealkylation sites (tertiary alicyclic amines) is 1. The van der Waals surface area contributed by atoms with Crippen LogP contribution in [0.25, 0.3) is 223 Å². The summed E-state index contributed by atoms with van der Waals surface area (Å²) in [6, 6.07) is 29.6. The van der Waals surface area contributed by atoms with Gasteiger partial charge in [-0.2, -0.15) is 20.4 Å². The summed E-state index contributed by atoms with van der Waals surface area (Å²) < 4.78 is 27.3. The summed E-state index contributed by atoms with van der Waals surface area (Å²) in [6.45, 7) is 2.47. The van der Waals surface area contributed by atoms with Crippen LogP contribution in [-0.2, 0) is 13.1 Å². The number of alkyl halides is 2. The molecule has 1 saturated heterocycles. The molecule has 2 fully saturated rings. The third-order valence-corrected chi connectivity index (χ3v) is 24.2. The predicted molar refractivity (Wildman–Crippen MR) is 514 cm³/mol. The molecule has 36 nitrogen and oxygen atoms in total. The van der Waals surface area contributed by atoms with Crippen molar-refractivity contribution in [3.05, 3.63) is 282 Å². The van der Waals surface area contributed by atoms with E-state index >= 15 is 0 Å². The van der Waals surface area contributed by atoms with E-state index in [1.165, 1.54) is 37.6 Å². The molecule has 11 N–H and O–H groups in total. The monoisotopic (exact) mass is 1810 g/mol. The Kier molecular flexibility index (Phi) is 21.9. The maximum Gasteiger partial charge on any atom is 0.261 e. The molecular weight excluding hydrogens is 1730 g/mol. The lowest BCUT2D eigenvalue weighted by Gasteiger charge is -2.15. The predicted octanol–water partition coefficient (Wildman–Crippen LogP) is 17.2. The summed E-state index contributed by atoms with van der Waals surface area (Å²) in [5.41, 5.74) is 35.1. The number of aromatic amines is 8. The van der Waals surface area contributed by atoms with Crippen molar-refractivity contribution in [3.8, 4) is 135 Å². The Morgan fingerprint density at radius 3 is 1.05 bits per heavy atom. The second-order valence-corrected chi connectivity index (χ2v) is 33.3. The Labute approximate surface area is 773 Å². The molecule has 137 heavy (non-hydrogen) atoms. The van der Waals surface area contributed by atoms with E-state index in [2.05, 4.69) is 163 Å². The molecule has 38 heteroatoms. The fourth-order valence-electron chi connectivity index (χ4n) is 17.5. The number of aromatic nitrogens is 33. The van der Waals surface area contributed by atoms with Gasteiger partial charge in [-0.15, -0.1) is 0 Å². The molecule has 0 atom stereocenters. The van der Waals surface area contributed by atoms with Gasteiger partial charge in [0.05, 0.1) is 80.6 Å². The first kappa shape index (κ1) is 83.0. The lowest BCUT2D eigenvalue weighted by atomic mass is 10.1. The van der Waals surface area contributed by atoms with Crippen LogP contribution in [0.4, 0.5) is 14.5 Å². The van der Waals surface area contributed by atoms with Crippen molar-refractivity contribution in [2.24, 2.45) is 5.92 Å². The lowest BCUT2D eigenvalue weighted by Crippen LogP contribution is -2.24. The Balaban J connectivity index is 0.000000103. The summed E-state index contributed by atoms with van der Waals surface area (Å²) in [4.78, 5) is 108. The third kappa shape index (κ3) is 17.1. The molecule has 666 valence electrons. The van der Waals surface area contributed by atoms with Crippen molar-refractivity contribution in [1.29, 1.82) is 0 Å². The summed E-state index contributed by atoms with van der Waals surface area (Å²) in [6.07, 6.45) is 56.5. The van der Waals surface area contributed by atoms with E-state index in [-0.39, 0.29) is 13.0 Å². The first-order chi connectivity index (χ1) is 67.5. The van der Waals surface area contributed by atoms with Crippen LogP contribution in [0.2, 0.25) is 0 Å². The quantitative estimate of drug-likeness (QED) is 0.0381. The molecule has 24 aromatic rings. The van der Waals surface area contributed by atoms with Crippen molar-refractivity contribution >= 4 is 94.0 Å². The van der Waals surface area contributed by atoms with Crippen LogP contribution in [0.3, 0.4) is 0 Å². The van der Waals surface area contributed by atoms with Crippen LogP contribution in [0.5, 0.6) is 0 Å². The van der Waals surface area contributed by atoms with Gasteiger partial charge in [0.2, 0.25) is 0 Å². The zero-order chi connectivity index (χ0) is 91.7. The van der Waals surface area contributed by atoms with Gasteiger partial charge in [0.25, 0.3) is 5.92 Å². The number of hydrogen-bond donors (Lipinski definition) is 10. The average Bonchev–Trinajstić information content (AvgIpc) is 1.63. The number of H-pyrrole nitrogens is 8. The van der Waals surface area contributed by atoms with Crippen LogP contribution in [0.15, 0.2) is 271 Å². The summed E-state index contributed by atoms with van der Waals surface area (Å²) in [5.74, 6) is 0.799. The van der Waals surface area contributed by atoms with Crippen LogP contribution in [0.1, 0.15) is 43.2 Å². The van der Waals surface area contributed by atoms with Gasteiger partial charge in [-0.05, 0) is 103 Å². The highest BCUT2D eigenvalue weighted by Gasteiger charge is 2.38. The number of nitrogens with zero attached hydrogens (tertiary/aromatic N) is 26. The molecule has 26 rings (SSSR count). The van der Waals surface area contributed by atoms with Gasteiger partial charge in [0.1, 0.15) is 51.2 Å². The fraction of sp³-hybridized carbons (Fsp3) is 0.121. The number of anilines is 1. The summed E-state index contributed by atoms with van der Waals surface area (Å²) in [5, 5.41) is 36.8. The molecule has 0 amide bonds. The summed E-state index contributed by atoms with van der Waals surface area (Å²) >= 11 is 0. The maximum atomic E-state index is 13.6. The second kappa shape index (κ2) is 36.1. The number of hydrogen-bond acceptors (Lipinski definition) is 28. The minimum Gasteiger partial charge on any atom is -0.397 e. The second-order valence-electron chi connectivity index (χ2n) is 33.3. The van der Waals surface area contributed by atoms with Gasteiger partial charge in [0, 0.05) is 264 Å². The van der Waals surface area contributed by atoms with Crippen molar-refractivity contribution in [1.82, 2.24) is 176 Å². The summed E-state index contributed by atoms with van der Waals surface area (Å²) in [7, 11) is 0. The first-order valence-electron chi connectivity index (χ1n) is 44.0. The number of nitrogens with one attached hydrogen (secondary N) is 9. The highest BCUT2D eigenvalue weighted by molar-refractivity contribution is 6.02. The van der Waals surface area contributed by atoms with Gasteiger partial charge >= 0.3 is 0 Å². The molecule has 0 radical (unpaired) electrons. The van der Waals surface area contributed by atoms with Crippen molar-refractivity contribution in [3.63, 3.8) is 0 Å². The fourth-order valence-corrected chi connectivity index (χ4v) is 17.5. The Morgan fingerprint density at radius 2 is 0.686 bits per heavy atom. The number of halogens is 2. The Hall–Kier alpha value is -18.3. The van der Waals surface area contributed by atoms with Gasteiger partial charge < -0.3 is 31.0 Å². The van der Waals surface area contributed by atoms with E-state index < -0.39 is 5.92 Å². The number of nitrogens with two attached hydrogens (primary N) is 1. The van der Waals surface area contributed by atoms with Gasteiger partial charge in [-0.3, -0.25) is 80.1 Å². The minimum atomic E-state index is -2.62. The van der Waals surface area contributed by atoms with Crippen molar-refractivity contribution in [2.45, 2.75) is 51.1 Å².